The van der Waals surface area contributed by atoms with E-state index in [9.17, 15) is 22.8 Å². The Balaban J connectivity index is 0.00000288. The molecule has 0 spiro atoms. The molecule has 1 aliphatic heterocycles. The summed E-state index contributed by atoms with van der Waals surface area (Å²) < 4.78 is 37.3. The lowest BCUT2D eigenvalue weighted by molar-refractivity contribution is -0.137. The molecule has 5 nitrogen and oxygen atoms in total. The van der Waals surface area contributed by atoms with Crippen LogP contribution in [0.2, 0.25) is 0 Å². The van der Waals surface area contributed by atoms with Gasteiger partial charge in [-0.05, 0) is 43.7 Å². The highest BCUT2D eigenvalue weighted by Gasteiger charge is 2.30. The van der Waals surface area contributed by atoms with E-state index in [0.717, 1.165) is 43.7 Å². The molecule has 1 fully saturated rings. The third-order valence-corrected chi connectivity index (χ3v) is 3.55. The van der Waals surface area contributed by atoms with Crippen LogP contribution in [-0.4, -0.2) is 37.5 Å². The molecular weight excluding hydrogens is 347 g/mol. The average molecular weight is 366 g/mol. The number of nitrogens with one attached hydrogen (secondary N) is 3. The van der Waals surface area contributed by atoms with Crippen molar-refractivity contribution in [3.8, 4) is 0 Å². The van der Waals surface area contributed by atoms with Gasteiger partial charge >= 0.3 is 6.18 Å². The van der Waals surface area contributed by atoms with E-state index in [-0.39, 0.29) is 36.5 Å². The Morgan fingerprint density at radius 1 is 1.21 bits per heavy atom. The third-order valence-electron chi connectivity index (χ3n) is 3.55. The second-order valence-electron chi connectivity index (χ2n) is 5.37. The zero-order valence-corrected chi connectivity index (χ0v) is 13.6. The molecule has 134 valence electrons. The summed E-state index contributed by atoms with van der Waals surface area (Å²) in [6.07, 6.45) is -2.59. The van der Waals surface area contributed by atoms with Gasteiger partial charge in [-0.1, -0.05) is 0 Å². The molecule has 1 saturated heterocycles. The van der Waals surface area contributed by atoms with E-state index in [1.54, 1.807) is 0 Å². The Kier molecular flexibility index (Phi) is 7.50. The monoisotopic (exact) mass is 365 g/mol. The predicted octanol–water partition coefficient (Wildman–Crippen LogP) is 1.73. The molecule has 2 amide bonds. The van der Waals surface area contributed by atoms with Gasteiger partial charge in [0.1, 0.15) is 0 Å². The molecule has 9 heteroatoms. The SMILES string of the molecule is Cl.O=C(CNC(=O)c1ccc(C(F)(F)F)cc1)NC1CCCNC1. The van der Waals surface area contributed by atoms with Crippen LogP contribution in [0.5, 0.6) is 0 Å². The van der Waals surface area contributed by atoms with Crippen LogP contribution < -0.4 is 16.0 Å². The molecule has 1 aliphatic rings. The lowest BCUT2D eigenvalue weighted by Crippen LogP contribution is -2.48. The summed E-state index contributed by atoms with van der Waals surface area (Å²) in [5.74, 6) is -0.908. The minimum atomic E-state index is -4.44. The van der Waals surface area contributed by atoms with Crippen LogP contribution >= 0.6 is 12.4 Å². The van der Waals surface area contributed by atoms with E-state index in [1.165, 1.54) is 0 Å². The topological polar surface area (TPSA) is 70.2 Å². The number of piperidine rings is 1. The molecule has 0 aromatic heterocycles. The van der Waals surface area contributed by atoms with Gasteiger partial charge in [0.2, 0.25) is 5.91 Å². The number of benzene rings is 1. The number of carbonyl (C=O) groups excluding carboxylic acids is 2. The van der Waals surface area contributed by atoms with Gasteiger partial charge in [0.15, 0.2) is 0 Å². The predicted molar refractivity (Wildman–Crippen MR) is 85.1 cm³/mol. The first kappa shape index (κ1) is 20.2. The van der Waals surface area contributed by atoms with Gasteiger partial charge in [-0.2, -0.15) is 13.2 Å². The van der Waals surface area contributed by atoms with Crippen LogP contribution in [0.3, 0.4) is 0 Å². The van der Waals surface area contributed by atoms with E-state index in [1.807, 2.05) is 0 Å². The molecule has 3 N–H and O–H groups in total. The molecule has 0 aliphatic carbocycles. The van der Waals surface area contributed by atoms with Crippen LogP contribution in [0.25, 0.3) is 0 Å². The van der Waals surface area contributed by atoms with Crippen molar-refractivity contribution in [1.29, 1.82) is 0 Å². The fourth-order valence-electron chi connectivity index (χ4n) is 2.33. The summed E-state index contributed by atoms with van der Waals surface area (Å²) in [7, 11) is 0. The standard InChI is InChI=1S/C15H18F3N3O2.ClH/c16-15(17,18)11-5-3-10(4-6-11)14(23)20-9-13(22)21-12-2-1-7-19-8-12;/h3-6,12,19H,1-2,7-9H2,(H,20,23)(H,21,22);1H. The Bertz CT molecular complexity index is 558. The molecule has 0 saturated carbocycles. The molecule has 1 unspecified atom stereocenters. The first-order valence-electron chi connectivity index (χ1n) is 7.32. The van der Waals surface area contributed by atoms with Crippen LogP contribution in [0.4, 0.5) is 13.2 Å². The normalized spacial score (nSPS) is 17.5. The Labute approximate surface area is 143 Å². The lowest BCUT2D eigenvalue weighted by atomic mass is 10.1. The molecule has 2 rings (SSSR count). The van der Waals surface area contributed by atoms with Crippen molar-refractivity contribution in [2.75, 3.05) is 19.6 Å². The van der Waals surface area contributed by atoms with Crippen molar-refractivity contribution in [2.24, 2.45) is 0 Å². The molecular formula is C15H19ClF3N3O2. The molecule has 0 radical (unpaired) electrons. The minimum absolute atomic E-state index is 0. The highest BCUT2D eigenvalue weighted by atomic mass is 35.5. The maximum atomic E-state index is 12.4. The molecule has 1 atom stereocenters. The summed E-state index contributed by atoms with van der Waals surface area (Å²) in [5.41, 5.74) is -0.748. The number of halogens is 4. The number of carbonyl (C=O) groups is 2. The molecule has 0 bridgehead atoms. The number of rotatable bonds is 4. The fourth-order valence-corrected chi connectivity index (χ4v) is 2.33. The summed E-state index contributed by atoms with van der Waals surface area (Å²) in [6, 6.07) is 3.88. The van der Waals surface area contributed by atoms with E-state index in [4.69, 9.17) is 0 Å². The smallest absolute Gasteiger partial charge is 0.351 e. The van der Waals surface area contributed by atoms with Crippen LogP contribution in [0, 0.1) is 0 Å². The number of hydrogen-bond donors (Lipinski definition) is 3. The Morgan fingerprint density at radius 3 is 2.42 bits per heavy atom. The third kappa shape index (κ3) is 6.01. The van der Waals surface area contributed by atoms with Crippen LogP contribution in [-0.2, 0) is 11.0 Å². The first-order chi connectivity index (χ1) is 10.9. The van der Waals surface area contributed by atoms with E-state index in [2.05, 4.69) is 16.0 Å². The van der Waals surface area contributed by atoms with Gasteiger partial charge in [-0.3, -0.25) is 9.59 Å². The Morgan fingerprint density at radius 2 is 1.88 bits per heavy atom. The number of hydrogen-bond acceptors (Lipinski definition) is 3. The average Bonchev–Trinajstić information content (AvgIpc) is 2.53. The van der Waals surface area contributed by atoms with Crippen molar-refractivity contribution < 1.29 is 22.8 Å². The molecule has 1 heterocycles. The largest absolute Gasteiger partial charge is 0.416 e. The summed E-state index contributed by atoms with van der Waals surface area (Å²) in [5, 5.41) is 8.34. The minimum Gasteiger partial charge on any atom is -0.351 e. The lowest BCUT2D eigenvalue weighted by Gasteiger charge is -2.23. The van der Waals surface area contributed by atoms with E-state index < -0.39 is 17.6 Å². The van der Waals surface area contributed by atoms with E-state index >= 15 is 0 Å². The van der Waals surface area contributed by atoms with Gasteiger partial charge in [0.25, 0.3) is 5.91 Å². The quantitative estimate of drug-likeness (QED) is 0.761. The second-order valence-corrected chi connectivity index (χ2v) is 5.37. The molecule has 1 aromatic carbocycles. The van der Waals surface area contributed by atoms with Gasteiger partial charge in [-0.25, -0.2) is 0 Å². The number of alkyl halides is 3. The molecule has 1 aromatic rings. The fraction of sp³-hybridized carbons (Fsp3) is 0.467. The number of amides is 2. The molecule has 24 heavy (non-hydrogen) atoms. The maximum Gasteiger partial charge on any atom is 0.416 e. The van der Waals surface area contributed by atoms with Gasteiger partial charge in [-0.15, -0.1) is 12.4 Å². The van der Waals surface area contributed by atoms with Crippen molar-refractivity contribution in [3.63, 3.8) is 0 Å². The van der Waals surface area contributed by atoms with Crippen LogP contribution in [0.1, 0.15) is 28.8 Å². The van der Waals surface area contributed by atoms with Gasteiger partial charge in [0.05, 0.1) is 12.1 Å². The first-order valence-corrected chi connectivity index (χ1v) is 7.32. The van der Waals surface area contributed by atoms with Crippen molar-refractivity contribution in [1.82, 2.24) is 16.0 Å². The summed E-state index contributed by atoms with van der Waals surface area (Å²) >= 11 is 0. The van der Waals surface area contributed by atoms with E-state index in [0.29, 0.717) is 6.54 Å². The summed E-state index contributed by atoms with van der Waals surface area (Å²) in [4.78, 5) is 23.5. The zero-order valence-electron chi connectivity index (χ0n) is 12.8. The van der Waals surface area contributed by atoms with Crippen molar-refractivity contribution in [2.45, 2.75) is 25.1 Å². The summed E-state index contributed by atoms with van der Waals surface area (Å²) in [6.45, 7) is 1.41. The maximum absolute atomic E-state index is 12.4. The van der Waals surface area contributed by atoms with Crippen molar-refractivity contribution >= 4 is 24.2 Å². The van der Waals surface area contributed by atoms with Gasteiger partial charge in [0, 0.05) is 18.2 Å². The Hall–Kier alpha value is -1.80. The zero-order chi connectivity index (χ0) is 16.9. The highest BCUT2D eigenvalue weighted by Crippen LogP contribution is 2.28. The van der Waals surface area contributed by atoms with Crippen molar-refractivity contribution in [3.05, 3.63) is 35.4 Å². The second kappa shape index (κ2) is 8.89. The van der Waals surface area contributed by atoms with Gasteiger partial charge < -0.3 is 16.0 Å². The van der Waals surface area contributed by atoms with Crippen LogP contribution in [0.15, 0.2) is 24.3 Å². The highest BCUT2D eigenvalue weighted by molar-refractivity contribution is 5.96.